The van der Waals surface area contributed by atoms with Crippen molar-refractivity contribution in [1.82, 2.24) is 15.5 Å². The zero-order chi connectivity index (χ0) is 19.6. The van der Waals surface area contributed by atoms with Gasteiger partial charge in [0.2, 0.25) is 0 Å². The highest BCUT2D eigenvalue weighted by molar-refractivity contribution is 6.35. The Bertz CT molecular complexity index is 623. The molecule has 0 spiro atoms. The van der Waals surface area contributed by atoms with Crippen molar-refractivity contribution in [2.45, 2.75) is 25.7 Å². The van der Waals surface area contributed by atoms with E-state index in [1.807, 2.05) is 0 Å². The van der Waals surface area contributed by atoms with Gasteiger partial charge in [0.15, 0.2) is 0 Å². The van der Waals surface area contributed by atoms with Crippen molar-refractivity contribution in [3.8, 4) is 0 Å². The van der Waals surface area contributed by atoms with Crippen LogP contribution in [0.2, 0.25) is 0 Å². The van der Waals surface area contributed by atoms with Gasteiger partial charge in [-0.2, -0.15) is 0 Å². The maximum Gasteiger partial charge on any atom is 0.309 e. The summed E-state index contributed by atoms with van der Waals surface area (Å²) in [6, 6.07) is 8.68. The lowest BCUT2D eigenvalue weighted by Crippen LogP contribution is -2.45. The van der Waals surface area contributed by atoms with Crippen LogP contribution in [-0.2, 0) is 20.7 Å². The molecule has 2 amide bonds. The normalized spacial score (nSPS) is 17.5. The third-order valence-electron chi connectivity index (χ3n) is 5.36. The molecular formula is C21H32N4O3. The fourth-order valence-corrected chi connectivity index (χ4v) is 3.66. The molecule has 0 aliphatic carbocycles. The molecule has 2 aliphatic heterocycles. The van der Waals surface area contributed by atoms with Crippen LogP contribution < -0.4 is 15.5 Å². The van der Waals surface area contributed by atoms with Crippen molar-refractivity contribution in [1.29, 1.82) is 0 Å². The molecule has 0 saturated carbocycles. The summed E-state index contributed by atoms with van der Waals surface area (Å²) in [6.45, 7) is 7.25. The number of nitrogens with zero attached hydrogens (tertiary/aromatic N) is 2. The number of benzene rings is 1. The van der Waals surface area contributed by atoms with Crippen molar-refractivity contribution in [2.24, 2.45) is 0 Å². The van der Waals surface area contributed by atoms with Crippen LogP contribution >= 0.6 is 0 Å². The number of hydrogen-bond donors (Lipinski definition) is 2. The highest BCUT2D eigenvalue weighted by Crippen LogP contribution is 2.20. The number of carbonyl (C=O) groups is 2. The molecule has 3 rings (SSSR count). The first kappa shape index (κ1) is 20.6. The van der Waals surface area contributed by atoms with Gasteiger partial charge in [0.1, 0.15) is 0 Å². The number of anilines is 1. The average Bonchev–Trinajstić information content (AvgIpc) is 3.27. The molecule has 2 N–H and O–H groups in total. The quantitative estimate of drug-likeness (QED) is 0.509. The van der Waals surface area contributed by atoms with Crippen LogP contribution in [0.5, 0.6) is 0 Å². The Kier molecular flexibility index (Phi) is 8.11. The molecule has 2 aliphatic rings. The Hall–Kier alpha value is -2.12. The minimum absolute atomic E-state index is 0.482. The number of carbonyl (C=O) groups excluding carboxylic acids is 2. The molecule has 154 valence electrons. The first-order valence-electron chi connectivity index (χ1n) is 10.4. The maximum absolute atomic E-state index is 11.9. The lowest BCUT2D eigenvalue weighted by Gasteiger charge is -2.26. The van der Waals surface area contributed by atoms with Crippen LogP contribution in [-0.4, -0.2) is 75.7 Å². The van der Waals surface area contributed by atoms with Gasteiger partial charge in [0, 0.05) is 51.5 Å². The third-order valence-corrected chi connectivity index (χ3v) is 5.36. The van der Waals surface area contributed by atoms with Crippen molar-refractivity contribution >= 4 is 17.5 Å². The van der Waals surface area contributed by atoms with Crippen LogP contribution in [0.25, 0.3) is 0 Å². The molecule has 0 bridgehead atoms. The first-order chi connectivity index (χ1) is 13.7. The summed E-state index contributed by atoms with van der Waals surface area (Å²) in [7, 11) is 0. The Morgan fingerprint density at radius 3 is 2.21 bits per heavy atom. The summed E-state index contributed by atoms with van der Waals surface area (Å²) < 4.78 is 5.29. The Labute approximate surface area is 167 Å². The van der Waals surface area contributed by atoms with E-state index in [0.717, 1.165) is 58.8 Å². The molecule has 0 atom stereocenters. The molecule has 1 aromatic carbocycles. The van der Waals surface area contributed by atoms with Gasteiger partial charge in [-0.1, -0.05) is 12.1 Å². The van der Waals surface area contributed by atoms with E-state index in [2.05, 4.69) is 44.7 Å². The number of aryl methyl sites for hydroxylation is 1. The second-order valence-electron chi connectivity index (χ2n) is 7.43. The molecule has 0 radical (unpaired) electrons. The largest absolute Gasteiger partial charge is 0.379 e. The van der Waals surface area contributed by atoms with E-state index in [4.69, 9.17) is 4.74 Å². The molecule has 7 nitrogen and oxygen atoms in total. The van der Waals surface area contributed by atoms with E-state index in [1.54, 1.807) is 0 Å². The van der Waals surface area contributed by atoms with Crippen molar-refractivity contribution in [3.05, 3.63) is 29.8 Å². The van der Waals surface area contributed by atoms with E-state index in [0.29, 0.717) is 13.1 Å². The smallest absolute Gasteiger partial charge is 0.309 e. The zero-order valence-corrected chi connectivity index (χ0v) is 16.6. The molecular weight excluding hydrogens is 356 g/mol. The van der Waals surface area contributed by atoms with Crippen LogP contribution in [0.3, 0.4) is 0 Å². The van der Waals surface area contributed by atoms with Gasteiger partial charge in [-0.25, -0.2) is 0 Å². The third kappa shape index (κ3) is 6.49. The van der Waals surface area contributed by atoms with Gasteiger partial charge >= 0.3 is 11.8 Å². The molecule has 28 heavy (non-hydrogen) atoms. The van der Waals surface area contributed by atoms with Crippen LogP contribution in [0, 0.1) is 0 Å². The Balaban J connectivity index is 1.26. The van der Waals surface area contributed by atoms with Crippen molar-refractivity contribution in [2.75, 3.05) is 63.9 Å². The zero-order valence-electron chi connectivity index (χ0n) is 16.6. The van der Waals surface area contributed by atoms with Gasteiger partial charge in [-0.3, -0.25) is 14.5 Å². The average molecular weight is 389 g/mol. The Morgan fingerprint density at radius 1 is 0.893 bits per heavy atom. The summed E-state index contributed by atoms with van der Waals surface area (Å²) in [6.07, 6.45) is 4.26. The minimum atomic E-state index is -0.553. The fourth-order valence-electron chi connectivity index (χ4n) is 3.66. The maximum atomic E-state index is 11.9. The lowest BCUT2D eigenvalue weighted by atomic mass is 10.1. The lowest BCUT2D eigenvalue weighted by molar-refractivity contribution is -0.139. The first-order valence-corrected chi connectivity index (χ1v) is 10.4. The van der Waals surface area contributed by atoms with Gasteiger partial charge in [0.05, 0.1) is 13.2 Å². The summed E-state index contributed by atoms with van der Waals surface area (Å²) in [5.41, 5.74) is 2.55. The summed E-state index contributed by atoms with van der Waals surface area (Å²) in [5.74, 6) is -1.10. The topological polar surface area (TPSA) is 73.9 Å². The fraction of sp³-hybridized carbons (Fsp3) is 0.619. The van der Waals surface area contributed by atoms with Gasteiger partial charge in [-0.05, 0) is 43.4 Å². The van der Waals surface area contributed by atoms with Gasteiger partial charge < -0.3 is 20.3 Å². The van der Waals surface area contributed by atoms with Crippen LogP contribution in [0.4, 0.5) is 5.69 Å². The van der Waals surface area contributed by atoms with Crippen LogP contribution in [0.1, 0.15) is 24.8 Å². The van der Waals surface area contributed by atoms with E-state index in [-0.39, 0.29) is 0 Å². The summed E-state index contributed by atoms with van der Waals surface area (Å²) >= 11 is 0. The molecule has 1 aromatic rings. The molecule has 0 aromatic heterocycles. The highest BCUT2D eigenvalue weighted by atomic mass is 16.5. The number of hydrogen-bond acceptors (Lipinski definition) is 5. The second kappa shape index (κ2) is 11.0. The molecule has 2 fully saturated rings. The van der Waals surface area contributed by atoms with Gasteiger partial charge in [-0.15, -0.1) is 0 Å². The second-order valence-corrected chi connectivity index (χ2v) is 7.43. The predicted molar refractivity (Wildman–Crippen MR) is 109 cm³/mol. The molecule has 7 heteroatoms. The van der Waals surface area contributed by atoms with Gasteiger partial charge in [0.25, 0.3) is 0 Å². The predicted octanol–water partition coefficient (Wildman–Crippen LogP) is 0.784. The number of rotatable bonds is 8. The highest BCUT2D eigenvalue weighted by Gasteiger charge is 2.14. The number of amides is 2. The van der Waals surface area contributed by atoms with Crippen molar-refractivity contribution in [3.63, 3.8) is 0 Å². The number of nitrogens with one attached hydrogen (secondary N) is 2. The van der Waals surface area contributed by atoms with E-state index in [1.165, 1.54) is 24.1 Å². The van der Waals surface area contributed by atoms with Crippen molar-refractivity contribution < 1.29 is 14.3 Å². The summed E-state index contributed by atoms with van der Waals surface area (Å²) in [4.78, 5) is 28.3. The van der Waals surface area contributed by atoms with E-state index in [9.17, 15) is 9.59 Å². The Morgan fingerprint density at radius 2 is 1.54 bits per heavy atom. The molecule has 2 heterocycles. The molecule has 0 unspecified atom stereocenters. The van der Waals surface area contributed by atoms with E-state index >= 15 is 0 Å². The standard InChI is InChI=1S/C21H32N4O3/c26-20(21(27)23-10-13-24-14-16-28-17-15-24)22-9-3-4-18-5-7-19(8-6-18)25-11-1-2-12-25/h5-8H,1-4,9-17H2,(H,22,26)(H,23,27). The summed E-state index contributed by atoms with van der Waals surface area (Å²) in [5, 5.41) is 5.39. The number of morpholine rings is 1. The number of ether oxygens (including phenoxy) is 1. The molecule has 2 saturated heterocycles. The van der Waals surface area contributed by atoms with E-state index < -0.39 is 11.8 Å². The minimum Gasteiger partial charge on any atom is -0.379 e. The SMILES string of the molecule is O=C(NCCCc1ccc(N2CCCC2)cc1)C(=O)NCCN1CCOCC1. The van der Waals surface area contributed by atoms with Crippen LogP contribution in [0.15, 0.2) is 24.3 Å². The monoisotopic (exact) mass is 388 g/mol.